The standard InChI is InChI=1S/C18H20O2.C13H20O3.2C2H6/c1-3-16-9-11-18(12-10-16)20-14-15(2)13-19-17-7-5-4-6-8-17;1-4-9-15-11(2)10-16-13-8-6-5-7-12(13)14-3;2*1-2/h3-12,15H,1,13-14H2,2H3;5-8,11H,4,9-10H2,1-3H3;2*1-2H3. The molecule has 0 N–H and O–H groups in total. The van der Waals surface area contributed by atoms with Gasteiger partial charge < -0.3 is 23.7 Å². The lowest BCUT2D eigenvalue weighted by molar-refractivity contribution is 0.0321. The van der Waals surface area contributed by atoms with Crippen LogP contribution < -0.4 is 18.9 Å². The predicted molar refractivity (Wildman–Crippen MR) is 170 cm³/mol. The normalized spacial score (nSPS) is 11.0. The maximum atomic E-state index is 5.74. The Kier molecular flexibility index (Phi) is 22.5. The van der Waals surface area contributed by atoms with Crippen LogP contribution in [0.25, 0.3) is 6.08 Å². The molecule has 40 heavy (non-hydrogen) atoms. The number of benzene rings is 3. The molecular weight excluding hydrogens is 500 g/mol. The molecular formula is C35H52O5. The highest BCUT2D eigenvalue weighted by atomic mass is 16.5. The number of rotatable bonds is 14. The minimum absolute atomic E-state index is 0.102. The highest BCUT2D eigenvalue weighted by Crippen LogP contribution is 2.25. The Labute approximate surface area is 244 Å². The topological polar surface area (TPSA) is 46.2 Å². The quantitative estimate of drug-likeness (QED) is 0.199. The Bertz CT molecular complexity index is 973. The van der Waals surface area contributed by atoms with Crippen molar-refractivity contribution in [3.05, 3.63) is 91.0 Å². The van der Waals surface area contributed by atoms with Crippen molar-refractivity contribution in [2.45, 2.75) is 61.0 Å². The van der Waals surface area contributed by atoms with Crippen molar-refractivity contribution in [3.8, 4) is 23.0 Å². The summed E-state index contributed by atoms with van der Waals surface area (Å²) in [6.07, 6.45) is 2.95. The summed E-state index contributed by atoms with van der Waals surface area (Å²) in [5, 5.41) is 0. The molecule has 0 bridgehead atoms. The zero-order valence-electron chi connectivity index (χ0n) is 26.0. The summed E-state index contributed by atoms with van der Waals surface area (Å²) in [6, 6.07) is 25.4. The van der Waals surface area contributed by atoms with E-state index in [0.717, 1.165) is 41.6 Å². The summed E-state index contributed by atoms with van der Waals surface area (Å²) < 4.78 is 27.8. The van der Waals surface area contributed by atoms with Crippen LogP contribution in [0.2, 0.25) is 0 Å². The molecule has 0 spiro atoms. The fraction of sp³-hybridized carbons (Fsp3) is 0.429. The number of para-hydroxylation sites is 3. The molecule has 2 atom stereocenters. The summed E-state index contributed by atoms with van der Waals surface area (Å²) in [7, 11) is 1.64. The van der Waals surface area contributed by atoms with Gasteiger partial charge in [-0.15, -0.1) is 0 Å². The summed E-state index contributed by atoms with van der Waals surface area (Å²) in [6.45, 7) is 20.5. The van der Waals surface area contributed by atoms with Crippen LogP contribution in [-0.2, 0) is 4.74 Å². The summed E-state index contributed by atoms with van der Waals surface area (Å²) >= 11 is 0. The molecule has 0 saturated heterocycles. The van der Waals surface area contributed by atoms with Crippen molar-refractivity contribution in [1.29, 1.82) is 0 Å². The molecule has 0 fully saturated rings. The predicted octanol–water partition coefficient (Wildman–Crippen LogP) is 9.37. The third kappa shape index (κ3) is 16.5. The van der Waals surface area contributed by atoms with E-state index in [1.165, 1.54) is 0 Å². The first-order valence-electron chi connectivity index (χ1n) is 14.5. The van der Waals surface area contributed by atoms with Gasteiger partial charge in [0, 0.05) is 12.5 Å². The molecule has 0 amide bonds. The van der Waals surface area contributed by atoms with Gasteiger partial charge in [-0.1, -0.05) is 96.7 Å². The number of ether oxygens (including phenoxy) is 5. The molecule has 222 valence electrons. The van der Waals surface area contributed by atoms with E-state index in [1.807, 2.05) is 120 Å². The second kappa shape index (κ2) is 24.6. The van der Waals surface area contributed by atoms with Crippen molar-refractivity contribution in [2.24, 2.45) is 5.92 Å². The second-order valence-electron chi connectivity index (χ2n) is 8.46. The fourth-order valence-corrected chi connectivity index (χ4v) is 3.05. The van der Waals surface area contributed by atoms with E-state index in [0.29, 0.717) is 25.7 Å². The minimum Gasteiger partial charge on any atom is -0.493 e. The van der Waals surface area contributed by atoms with Crippen molar-refractivity contribution in [3.63, 3.8) is 0 Å². The smallest absolute Gasteiger partial charge is 0.161 e. The maximum Gasteiger partial charge on any atom is 0.161 e. The van der Waals surface area contributed by atoms with E-state index >= 15 is 0 Å². The summed E-state index contributed by atoms with van der Waals surface area (Å²) in [4.78, 5) is 0. The lowest BCUT2D eigenvalue weighted by atomic mass is 10.2. The molecule has 3 rings (SSSR count). The van der Waals surface area contributed by atoms with E-state index in [-0.39, 0.29) is 6.10 Å². The van der Waals surface area contributed by atoms with E-state index in [1.54, 1.807) is 7.11 Å². The maximum absolute atomic E-state index is 5.74. The Hall–Kier alpha value is -3.44. The van der Waals surface area contributed by atoms with Crippen LogP contribution in [0.4, 0.5) is 0 Å². The van der Waals surface area contributed by atoms with Crippen LogP contribution >= 0.6 is 0 Å². The van der Waals surface area contributed by atoms with Gasteiger partial charge in [0.25, 0.3) is 0 Å². The van der Waals surface area contributed by atoms with Gasteiger partial charge in [-0.2, -0.15) is 0 Å². The zero-order valence-corrected chi connectivity index (χ0v) is 26.0. The van der Waals surface area contributed by atoms with Gasteiger partial charge in [0.1, 0.15) is 18.1 Å². The fourth-order valence-electron chi connectivity index (χ4n) is 3.05. The Balaban J connectivity index is 0.000000690. The molecule has 2 unspecified atom stereocenters. The summed E-state index contributed by atoms with van der Waals surface area (Å²) in [5.41, 5.74) is 1.10. The van der Waals surface area contributed by atoms with Crippen molar-refractivity contribution < 1.29 is 23.7 Å². The van der Waals surface area contributed by atoms with E-state index in [9.17, 15) is 0 Å². The van der Waals surface area contributed by atoms with Crippen molar-refractivity contribution in [2.75, 3.05) is 33.5 Å². The first-order valence-corrected chi connectivity index (χ1v) is 14.5. The first-order chi connectivity index (χ1) is 19.5. The molecule has 3 aromatic rings. The molecule has 0 aliphatic heterocycles. The molecule has 0 aromatic heterocycles. The molecule has 0 aliphatic carbocycles. The van der Waals surface area contributed by atoms with Crippen LogP contribution in [0.15, 0.2) is 85.4 Å². The Morgan fingerprint density at radius 3 is 1.73 bits per heavy atom. The molecule has 5 nitrogen and oxygen atoms in total. The number of hydrogen-bond donors (Lipinski definition) is 0. The van der Waals surface area contributed by atoms with Gasteiger partial charge in [0.2, 0.25) is 0 Å². The molecule has 0 heterocycles. The first kappa shape index (κ1) is 36.6. The van der Waals surface area contributed by atoms with Gasteiger partial charge in [-0.25, -0.2) is 0 Å². The molecule has 5 heteroatoms. The highest BCUT2D eigenvalue weighted by molar-refractivity contribution is 5.48. The second-order valence-corrected chi connectivity index (χ2v) is 8.46. The van der Waals surface area contributed by atoms with Gasteiger partial charge in [-0.05, 0) is 55.3 Å². The van der Waals surface area contributed by atoms with Crippen molar-refractivity contribution >= 4 is 6.08 Å². The van der Waals surface area contributed by atoms with Gasteiger partial charge in [0.05, 0.1) is 26.4 Å². The largest absolute Gasteiger partial charge is 0.493 e. The number of hydrogen-bond acceptors (Lipinski definition) is 5. The van der Waals surface area contributed by atoms with Gasteiger partial charge >= 0.3 is 0 Å². The third-order valence-corrected chi connectivity index (χ3v) is 5.08. The highest BCUT2D eigenvalue weighted by Gasteiger charge is 2.07. The van der Waals surface area contributed by atoms with Crippen LogP contribution in [0.3, 0.4) is 0 Å². The van der Waals surface area contributed by atoms with E-state index < -0.39 is 0 Å². The average molecular weight is 553 g/mol. The monoisotopic (exact) mass is 552 g/mol. The molecule has 0 aliphatic rings. The lowest BCUT2D eigenvalue weighted by Gasteiger charge is -2.15. The molecule has 3 aromatic carbocycles. The average Bonchev–Trinajstić information content (AvgIpc) is 3.03. The van der Waals surface area contributed by atoms with Crippen molar-refractivity contribution in [1.82, 2.24) is 0 Å². The van der Waals surface area contributed by atoms with Crippen LogP contribution in [0, 0.1) is 5.92 Å². The van der Waals surface area contributed by atoms with Gasteiger partial charge in [0.15, 0.2) is 11.5 Å². The SMILES string of the molecule is C=Cc1ccc(OCC(C)COc2ccccc2)cc1.CC.CC.CCCOC(C)COc1ccccc1OC. The van der Waals surface area contributed by atoms with Gasteiger partial charge in [-0.3, -0.25) is 0 Å². The van der Waals surface area contributed by atoms with Crippen LogP contribution in [0.1, 0.15) is 60.5 Å². The lowest BCUT2D eigenvalue weighted by Crippen LogP contribution is -2.18. The zero-order chi connectivity index (χ0) is 30.0. The Morgan fingerprint density at radius 2 is 1.20 bits per heavy atom. The number of methoxy groups -OCH3 is 1. The summed E-state index contributed by atoms with van der Waals surface area (Å²) in [5.74, 6) is 3.62. The van der Waals surface area contributed by atoms with E-state index in [4.69, 9.17) is 23.7 Å². The Morgan fingerprint density at radius 1 is 0.675 bits per heavy atom. The van der Waals surface area contributed by atoms with Crippen LogP contribution in [-0.4, -0.2) is 39.6 Å². The third-order valence-electron chi connectivity index (χ3n) is 5.08. The molecule has 0 radical (unpaired) electrons. The molecule has 0 saturated carbocycles. The van der Waals surface area contributed by atoms with Crippen LogP contribution in [0.5, 0.6) is 23.0 Å². The minimum atomic E-state index is 0.102. The van der Waals surface area contributed by atoms with E-state index in [2.05, 4.69) is 20.4 Å².